The van der Waals surface area contributed by atoms with Crippen LogP contribution in [0.5, 0.6) is 0 Å². The van der Waals surface area contributed by atoms with Gasteiger partial charge in [0.15, 0.2) is 0 Å². The number of hydrogen-bond acceptors (Lipinski definition) is 4. The van der Waals surface area contributed by atoms with Crippen molar-refractivity contribution in [3.05, 3.63) is 68.7 Å². The van der Waals surface area contributed by atoms with E-state index >= 15 is 0 Å². The van der Waals surface area contributed by atoms with E-state index in [9.17, 15) is 9.18 Å². The van der Waals surface area contributed by atoms with Crippen LogP contribution in [0.3, 0.4) is 0 Å². The Morgan fingerprint density at radius 3 is 2.84 bits per heavy atom. The van der Waals surface area contributed by atoms with Crippen LogP contribution in [-0.4, -0.2) is 22.9 Å². The van der Waals surface area contributed by atoms with Gasteiger partial charge in [-0.1, -0.05) is 31.2 Å². The third kappa shape index (κ3) is 2.34. The maximum absolute atomic E-state index is 13.9. The molecule has 2 atom stereocenters. The van der Waals surface area contributed by atoms with Crippen LogP contribution in [0.25, 0.3) is 0 Å². The van der Waals surface area contributed by atoms with Gasteiger partial charge in [0.1, 0.15) is 11.5 Å². The van der Waals surface area contributed by atoms with Crippen molar-refractivity contribution in [3.8, 4) is 0 Å². The molecule has 0 spiro atoms. The zero-order chi connectivity index (χ0) is 17.8. The Balaban J connectivity index is 1.77. The Hall–Kier alpha value is -2.08. The fourth-order valence-electron chi connectivity index (χ4n) is 3.81. The smallest absolute Gasteiger partial charge is 0.290 e. The third-order valence-electron chi connectivity index (χ3n) is 5.20. The Bertz CT molecular complexity index is 939. The number of thioether (sulfide) groups is 1. The molecule has 1 aromatic heterocycles. The minimum atomic E-state index is -0.319. The Kier molecular flexibility index (Phi) is 3.76. The normalized spacial score (nSPS) is 24.2. The minimum absolute atomic E-state index is 0.136. The number of benzene rings is 1. The number of anilines is 1. The second-order valence-corrected chi connectivity index (χ2v) is 8.29. The lowest BCUT2D eigenvalue weighted by Gasteiger charge is -2.26. The van der Waals surface area contributed by atoms with Gasteiger partial charge in [0.2, 0.25) is 0 Å². The predicted molar refractivity (Wildman–Crippen MR) is 99.5 cm³/mol. The number of aromatic nitrogens is 2. The van der Waals surface area contributed by atoms with Gasteiger partial charge in [-0.15, -0.1) is 11.8 Å². The molecule has 0 radical (unpaired) electrons. The molecule has 0 fully saturated rings. The summed E-state index contributed by atoms with van der Waals surface area (Å²) < 4.78 is 15.1. The van der Waals surface area contributed by atoms with Crippen molar-refractivity contribution < 1.29 is 4.39 Å². The molecule has 2 unspecified atom stereocenters. The molecule has 3 heterocycles. The summed E-state index contributed by atoms with van der Waals surface area (Å²) in [5.41, 5.74) is 1.95. The highest BCUT2D eigenvalue weighted by atomic mass is 32.2. The zero-order valence-electron chi connectivity index (χ0n) is 14.5. The molecule has 4 rings (SSSR count). The summed E-state index contributed by atoms with van der Waals surface area (Å²) in [4.78, 5) is 16.4. The van der Waals surface area contributed by atoms with Gasteiger partial charge >= 0.3 is 0 Å². The van der Waals surface area contributed by atoms with E-state index in [1.165, 1.54) is 15.7 Å². The minimum Gasteiger partial charge on any atom is -0.362 e. The molecular formula is C19H20FN3OS. The Morgan fingerprint density at radius 1 is 1.36 bits per heavy atom. The Morgan fingerprint density at radius 2 is 2.12 bits per heavy atom. The van der Waals surface area contributed by atoms with Gasteiger partial charge in [0, 0.05) is 18.2 Å². The van der Waals surface area contributed by atoms with Crippen LogP contribution < -0.4 is 10.5 Å². The first-order valence-corrected chi connectivity index (χ1v) is 9.24. The first-order chi connectivity index (χ1) is 12.0. The summed E-state index contributed by atoms with van der Waals surface area (Å²) in [5, 5.41) is 4.35. The number of nitrogens with zero attached hydrogens (tertiary/aromatic N) is 3. The molecule has 0 N–H and O–H groups in total. The number of allylic oxidation sites excluding steroid dienone is 1. The quantitative estimate of drug-likeness (QED) is 0.843. The highest BCUT2D eigenvalue weighted by molar-refractivity contribution is 8.04. The molecule has 0 aliphatic carbocycles. The Labute approximate surface area is 150 Å². The maximum Gasteiger partial charge on any atom is 0.290 e. The number of likely N-dealkylation sites (N-methyl/N-ethyl adjacent to an activating group) is 1. The molecule has 25 heavy (non-hydrogen) atoms. The monoisotopic (exact) mass is 357 g/mol. The molecule has 0 saturated carbocycles. The van der Waals surface area contributed by atoms with Crippen LogP contribution >= 0.6 is 11.8 Å². The number of fused-ring (bicyclic) bond motifs is 3. The maximum atomic E-state index is 13.9. The predicted octanol–water partition coefficient (Wildman–Crippen LogP) is 3.51. The molecule has 1 aromatic carbocycles. The summed E-state index contributed by atoms with van der Waals surface area (Å²) in [6.07, 6.45) is 5.04. The summed E-state index contributed by atoms with van der Waals surface area (Å²) in [7, 11) is 1.96. The summed E-state index contributed by atoms with van der Waals surface area (Å²) in [5.74, 6) is -0.319. The highest BCUT2D eigenvalue weighted by Gasteiger charge is 2.51. The summed E-state index contributed by atoms with van der Waals surface area (Å²) in [6, 6.07) is 6.65. The van der Waals surface area contributed by atoms with E-state index in [4.69, 9.17) is 0 Å². The molecule has 2 aliphatic heterocycles. The van der Waals surface area contributed by atoms with Crippen LogP contribution in [0.4, 0.5) is 10.1 Å². The molecule has 0 amide bonds. The lowest BCUT2D eigenvalue weighted by Crippen LogP contribution is -2.36. The van der Waals surface area contributed by atoms with E-state index in [2.05, 4.69) is 25.0 Å². The number of hydrogen-bond donors (Lipinski definition) is 0. The van der Waals surface area contributed by atoms with Crippen molar-refractivity contribution in [2.24, 2.45) is 0 Å². The topological polar surface area (TPSA) is 38.1 Å². The van der Waals surface area contributed by atoms with Crippen molar-refractivity contribution in [3.63, 3.8) is 0 Å². The van der Waals surface area contributed by atoms with Crippen molar-refractivity contribution >= 4 is 17.4 Å². The second kappa shape index (κ2) is 5.73. The van der Waals surface area contributed by atoms with E-state index < -0.39 is 0 Å². The lowest BCUT2D eigenvalue weighted by atomic mass is 9.97. The first-order valence-electron chi connectivity index (χ1n) is 8.42. The van der Waals surface area contributed by atoms with E-state index in [1.54, 1.807) is 24.4 Å². The average Bonchev–Trinajstić information content (AvgIpc) is 3.04. The van der Waals surface area contributed by atoms with Crippen molar-refractivity contribution in [1.29, 1.82) is 0 Å². The molecule has 130 valence electrons. The van der Waals surface area contributed by atoms with Crippen LogP contribution in [0.2, 0.25) is 0 Å². The molecule has 2 aromatic rings. The van der Waals surface area contributed by atoms with Gasteiger partial charge in [-0.05, 0) is 24.3 Å². The SMILES string of the molecule is CCC1=CC2N(C)c3c(cnn(Cc4ccccc4F)c3=O)C2(C)S1. The molecule has 0 bridgehead atoms. The lowest BCUT2D eigenvalue weighted by molar-refractivity contribution is 0.571. The first kappa shape index (κ1) is 16.4. The van der Waals surface area contributed by atoms with Gasteiger partial charge in [-0.25, -0.2) is 9.07 Å². The summed E-state index contributed by atoms with van der Waals surface area (Å²) >= 11 is 1.82. The van der Waals surface area contributed by atoms with Crippen LogP contribution in [-0.2, 0) is 11.3 Å². The van der Waals surface area contributed by atoms with E-state index in [0.717, 1.165) is 12.0 Å². The van der Waals surface area contributed by atoms with E-state index in [1.807, 2.05) is 23.7 Å². The fourth-order valence-corrected chi connectivity index (χ4v) is 5.30. The van der Waals surface area contributed by atoms with Gasteiger partial charge in [0.25, 0.3) is 5.56 Å². The van der Waals surface area contributed by atoms with Gasteiger partial charge in [-0.3, -0.25) is 4.79 Å². The molecular weight excluding hydrogens is 337 g/mol. The summed E-state index contributed by atoms with van der Waals surface area (Å²) in [6.45, 7) is 4.46. The molecule has 6 heteroatoms. The van der Waals surface area contributed by atoms with Crippen LogP contribution in [0.15, 0.2) is 46.2 Å². The highest BCUT2D eigenvalue weighted by Crippen LogP contribution is 2.57. The third-order valence-corrected chi connectivity index (χ3v) is 6.77. The number of halogens is 1. The van der Waals surface area contributed by atoms with Crippen molar-refractivity contribution in [2.75, 3.05) is 11.9 Å². The molecule has 2 aliphatic rings. The van der Waals surface area contributed by atoms with Gasteiger partial charge < -0.3 is 4.90 Å². The van der Waals surface area contributed by atoms with Crippen LogP contribution in [0.1, 0.15) is 31.4 Å². The average molecular weight is 357 g/mol. The zero-order valence-corrected chi connectivity index (χ0v) is 15.3. The van der Waals surface area contributed by atoms with Gasteiger partial charge in [0.05, 0.1) is 23.5 Å². The van der Waals surface area contributed by atoms with Crippen molar-refractivity contribution in [1.82, 2.24) is 9.78 Å². The van der Waals surface area contributed by atoms with E-state index in [0.29, 0.717) is 11.3 Å². The van der Waals surface area contributed by atoms with Crippen LogP contribution in [0, 0.1) is 5.82 Å². The molecule has 0 saturated heterocycles. The molecule has 4 nitrogen and oxygen atoms in total. The van der Waals surface area contributed by atoms with Gasteiger partial charge in [-0.2, -0.15) is 5.10 Å². The fraction of sp³-hybridized carbons (Fsp3) is 0.368. The standard InChI is InChI=1S/C19H20FN3OS/c1-4-13-9-16-19(2,25-13)14-10-21-23(18(24)17(14)22(16)3)11-12-7-5-6-8-15(12)20/h5-10,16H,4,11H2,1-3H3. The van der Waals surface area contributed by atoms with E-state index in [-0.39, 0.29) is 28.7 Å². The second-order valence-electron chi connectivity index (χ2n) is 6.71. The number of rotatable bonds is 3. The largest absolute Gasteiger partial charge is 0.362 e. The van der Waals surface area contributed by atoms with Crippen molar-refractivity contribution in [2.45, 2.75) is 37.6 Å².